The Kier molecular flexibility index (Phi) is 11.7. The van der Waals surface area contributed by atoms with Crippen molar-refractivity contribution >= 4 is 50.7 Å². The normalized spacial score (nSPS) is 12.0. The molecule has 0 aliphatic carbocycles. The standard InChI is InChI=1S/C35H37Cl2N3O5S/c1-24(2)38-35(42)32(20-26-8-6-5-7-9-26)39(22-27-12-14-28(36)15-13-27)34(41)23-40(31-21-29(37)16-19-33(31)45-4)46(43,44)30-17-10-25(3)11-18-30/h5-19,21,24,32H,20,22-23H2,1-4H3,(H,38,42)/t32-/m0/s1. The molecule has 4 aromatic carbocycles. The van der Waals surface area contributed by atoms with E-state index < -0.39 is 28.5 Å². The van der Waals surface area contributed by atoms with Crippen LogP contribution in [0.5, 0.6) is 5.75 Å². The van der Waals surface area contributed by atoms with Crippen molar-refractivity contribution in [3.05, 3.63) is 124 Å². The van der Waals surface area contributed by atoms with Crippen LogP contribution < -0.4 is 14.4 Å². The van der Waals surface area contributed by atoms with Crippen LogP contribution in [0.1, 0.15) is 30.5 Å². The molecule has 0 aromatic heterocycles. The molecule has 0 heterocycles. The van der Waals surface area contributed by atoms with Gasteiger partial charge in [0.2, 0.25) is 11.8 Å². The molecule has 4 aromatic rings. The molecule has 1 N–H and O–H groups in total. The number of ether oxygens (including phenoxy) is 1. The Hall–Kier alpha value is -4.05. The third kappa shape index (κ3) is 8.81. The molecule has 242 valence electrons. The smallest absolute Gasteiger partial charge is 0.264 e. The first-order chi connectivity index (χ1) is 21.9. The summed E-state index contributed by atoms with van der Waals surface area (Å²) in [5, 5.41) is 3.71. The van der Waals surface area contributed by atoms with E-state index in [4.69, 9.17) is 27.9 Å². The van der Waals surface area contributed by atoms with E-state index in [1.54, 1.807) is 48.5 Å². The number of hydrogen-bond donors (Lipinski definition) is 1. The summed E-state index contributed by atoms with van der Waals surface area (Å²) in [6, 6.07) is 26.0. The maximum atomic E-state index is 14.6. The zero-order valence-electron chi connectivity index (χ0n) is 26.1. The fourth-order valence-corrected chi connectivity index (χ4v) is 6.64. The van der Waals surface area contributed by atoms with Gasteiger partial charge >= 0.3 is 0 Å². The molecule has 1 atom stereocenters. The van der Waals surface area contributed by atoms with E-state index in [0.29, 0.717) is 10.6 Å². The van der Waals surface area contributed by atoms with Gasteiger partial charge in [-0.25, -0.2) is 8.42 Å². The second kappa shape index (κ2) is 15.5. The molecule has 11 heteroatoms. The van der Waals surface area contributed by atoms with Gasteiger partial charge in [-0.2, -0.15) is 0 Å². The van der Waals surface area contributed by atoms with Crippen molar-refractivity contribution in [2.24, 2.45) is 0 Å². The molecule has 0 aliphatic rings. The van der Waals surface area contributed by atoms with Crippen molar-refractivity contribution in [1.82, 2.24) is 10.2 Å². The fourth-order valence-electron chi connectivity index (χ4n) is 4.93. The van der Waals surface area contributed by atoms with Gasteiger partial charge in [-0.05, 0) is 74.4 Å². The molecule has 0 spiro atoms. The molecular weight excluding hydrogens is 645 g/mol. The van der Waals surface area contributed by atoms with E-state index in [9.17, 15) is 18.0 Å². The van der Waals surface area contributed by atoms with E-state index >= 15 is 0 Å². The number of carbonyl (C=O) groups excluding carboxylic acids is 2. The molecule has 8 nitrogen and oxygen atoms in total. The monoisotopic (exact) mass is 681 g/mol. The predicted octanol–water partition coefficient (Wildman–Crippen LogP) is 6.67. The van der Waals surface area contributed by atoms with Crippen molar-refractivity contribution in [3.63, 3.8) is 0 Å². The summed E-state index contributed by atoms with van der Waals surface area (Å²) in [6.45, 7) is 4.90. The van der Waals surface area contributed by atoms with Gasteiger partial charge in [-0.1, -0.05) is 83.4 Å². The number of anilines is 1. The summed E-state index contributed by atoms with van der Waals surface area (Å²) in [6.07, 6.45) is 0.198. The van der Waals surface area contributed by atoms with Crippen LogP contribution in [0.3, 0.4) is 0 Å². The number of aryl methyl sites for hydroxylation is 1. The summed E-state index contributed by atoms with van der Waals surface area (Å²) in [7, 11) is -2.91. The first-order valence-electron chi connectivity index (χ1n) is 14.7. The molecule has 0 saturated carbocycles. The van der Waals surface area contributed by atoms with Gasteiger partial charge in [0.15, 0.2) is 0 Å². The van der Waals surface area contributed by atoms with Crippen LogP contribution in [0.4, 0.5) is 5.69 Å². The van der Waals surface area contributed by atoms with Crippen LogP contribution in [0, 0.1) is 6.92 Å². The molecular formula is C35H37Cl2N3O5S. The van der Waals surface area contributed by atoms with Crippen LogP contribution in [-0.4, -0.2) is 50.9 Å². The number of amides is 2. The molecule has 0 unspecified atom stereocenters. The van der Waals surface area contributed by atoms with E-state index in [-0.39, 0.29) is 46.3 Å². The van der Waals surface area contributed by atoms with Gasteiger partial charge in [0, 0.05) is 29.1 Å². The highest BCUT2D eigenvalue weighted by Gasteiger charge is 2.36. The minimum Gasteiger partial charge on any atom is -0.495 e. The van der Waals surface area contributed by atoms with Crippen molar-refractivity contribution < 1.29 is 22.7 Å². The van der Waals surface area contributed by atoms with Gasteiger partial charge in [0.25, 0.3) is 10.0 Å². The van der Waals surface area contributed by atoms with E-state index in [2.05, 4.69) is 5.32 Å². The maximum absolute atomic E-state index is 14.6. The van der Waals surface area contributed by atoms with Crippen molar-refractivity contribution in [3.8, 4) is 5.75 Å². The number of sulfonamides is 1. The molecule has 0 fully saturated rings. The number of methoxy groups -OCH3 is 1. The number of benzene rings is 4. The average molecular weight is 683 g/mol. The lowest BCUT2D eigenvalue weighted by molar-refractivity contribution is -0.140. The third-order valence-corrected chi connectivity index (χ3v) is 9.53. The Morgan fingerprint density at radius 1 is 0.848 bits per heavy atom. The van der Waals surface area contributed by atoms with E-state index in [1.807, 2.05) is 51.1 Å². The minimum atomic E-state index is -4.32. The first-order valence-corrected chi connectivity index (χ1v) is 16.9. The Bertz CT molecular complexity index is 1750. The van der Waals surface area contributed by atoms with Crippen LogP contribution in [0.25, 0.3) is 0 Å². The number of rotatable bonds is 13. The third-order valence-electron chi connectivity index (χ3n) is 7.27. The van der Waals surface area contributed by atoms with Crippen molar-refractivity contribution in [2.75, 3.05) is 18.0 Å². The first kappa shape index (κ1) is 34.8. The highest BCUT2D eigenvalue weighted by molar-refractivity contribution is 7.92. The summed E-state index contributed by atoms with van der Waals surface area (Å²) >= 11 is 12.5. The van der Waals surface area contributed by atoms with Crippen LogP contribution in [-0.2, 0) is 32.6 Å². The lowest BCUT2D eigenvalue weighted by atomic mass is 10.0. The second-order valence-corrected chi connectivity index (χ2v) is 13.9. The number of nitrogens with one attached hydrogen (secondary N) is 1. The van der Waals surface area contributed by atoms with Crippen molar-refractivity contribution in [1.29, 1.82) is 0 Å². The Balaban J connectivity index is 1.85. The van der Waals surface area contributed by atoms with Gasteiger partial charge in [0.05, 0.1) is 17.7 Å². The molecule has 0 radical (unpaired) electrons. The average Bonchev–Trinajstić information content (AvgIpc) is 3.02. The Morgan fingerprint density at radius 2 is 1.48 bits per heavy atom. The van der Waals surface area contributed by atoms with Crippen molar-refractivity contribution in [2.45, 2.75) is 50.7 Å². The topological polar surface area (TPSA) is 96.0 Å². The highest BCUT2D eigenvalue weighted by Crippen LogP contribution is 2.35. The summed E-state index contributed by atoms with van der Waals surface area (Å²) in [4.78, 5) is 29.8. The Morgan fingerprint density at radius 3 is 2.09 bits per heavy atom. The zero-order valence-corrected chi connectivity index (χ0v) is 28.4. The van der Waals surface area contributed by atoms with E-state index in [1.165, 1.54) is 30.2 Å². The van der Waals surface area contributed by atoms with Gasteiger partial charge < -0.3 is 15.0 Å². The van der Waals surface area contributed by atoms with Gasteiger partial charge in [-0.15, -0.1) is 0 Å². The zero-order chi connectivity index (χ0) is 33.4. The van der Waals surface area contributed by atoms with Crippen LogP contribution in [0.2, 0.25) is 10.0 Å². The Labute approximate surface area is 280 Å². The van der Waals surface area contributed by atoms with Crippen LogP contribution in [0.15, 0.2) is 102 Å². The number of carbonyl (C=O) groups is 2. The van der Waals surface area contributed by atoms with E-state index in [0.717, 1.165) is 15.4 Å². The second-order valence-electron chi connectivity index (χ2n) is 11.2. The number of halogens is 2. The molecule has 4 rings (SSSR count). The molecule has 0 bridgehead atoms. The lowest BCUT2D eigenvalue weighted by Crippen LogP contribution is -2.54. The lowest BCUT2D eigenvalue weighted by Gasteiger charge is -2.34. The fraction of sp³-hybridized carbons (Fsp3) is 0.257. The van der Waals surface area contributed by atoms with Gasteiger partial charge in [-0.3, -0.25) is 13.9 Å². The molecule has 0 aliphatic heterocycles. The SMILES string of the molecule is COc1ccc(Cl)cc1N(CC(=O)N(Cc1ccc(Cl)cc1)[C@@H](Cc1ccccc1)C(=O)NC(C)C)S(=O)(=O)c1ccc(C)cc1. The molecule has 2 amide bonds. The number of nitrogens with zero attached hydrogens (tertiary/aromatic N) is 2. The quantitative estimate of drug-likeness (QED) is 0.170. The van der Waals surface area contributed by atoms with Gasteiger partial charge in [0.1, 0.15) is 18.3 Å². The number of hydrogen-bond acceptors (Lipinski definition) is 5. The highest BCUT2D eigenvalue weighted by atomic mass is 35.5. The molecule has 46 heavy (non-hydrogen) atoms. The van der Waals surface area contributed by atoms with Crippen LogP contribution >= 0.6 is 23.2 Å². The summed E-state index contributed by atoms with van der Waals surface area (Å²) in [5.41, 5.74) is 2.50. The maximum Gasteiger partial charge on any atom is 0.264 e. The summed E-state index contributed by atoms with van der Waals surface area (Å²) < 4.78 is 35.1. The predicted molar refractivity (Wildman–Crippen MR) is 183 cm³/mol. The minimum absolute atomic E-state index is 0.0180. The summed E-state index contributed by atoms with van der Waals surface area (Å²) in [5.74, 6) is -0.766. The molecule has 0 saturated heterocycles. The largest absolute Gasteiger partial charge is 0.495 e.